The second-order valence-electron chi connectivity index (χ2n) is 4.18. The van der Waals surface area contributed by atoms with Gasteiger partial charge in [-0.3, -0.25) is 10.1 Å². The maximum absolute atomic E-state index is 12.1. The highest BCUT2D eigenvalue weighted by Crippen LogP contribution is 2.28. The van der Waals surface area contributed by atoms with Gasteiger partial charge in [0.05, 0.1) is 12.2 Å². The Bertz CT molecular complexity index is 610. The Balaban J connectivity index is 1.71. The lowest BCUT2D eigenvalue weighted by Crippen LogP contribution is -2.41. The van der Waals surface area contributed by atoms with Crippen molar-refractivity contribution < 1.29 is 9.53 Å². The van der Waals surface area contributed by atoms with Crippen LogP contribution in [0.15, 0.2) is 30.6 Å². The van der Waals surface area contributed by atoms with Crippen LogP contribution >= 0.6 is 0 Å². The van der Waals surface area contributed by atoms with E-state index >= 15 is 0 Å². The van der Waals surface area contributed by atoms with E-state index in [9.17, 15) is 4.79 Å². The molecule has 19 heavy (non-hydrogen) atoms. The molecule has 1 aliphatic heterocycles. The first-order chi connectivity index (χ1) is 9.24. The third kappa shape index (κ3) is 2.22. The number of para-hydroxylation sites is 2. The van der Waals surface area contributed by atoms with Crippen LogP contribution in [0.4, 0.5) is 11.6 Å². The minimum absolute atomic E-state index is 0.252. The Morgan fingerprint density at radius 2 is 2.37 bits per heavy atom. The standard InChI is InChI=1S/C12H13N5O2/c1-17-12(14-7-15-17)16-11(18)10-6-13-8-4-2-3-5-9(8)19-10/h2-5,7,10,13H,6H2,1H3,(H,14,15,16,18). The molecule has 3 rings (SSSR count). The van der Waals surface area contributed by atoms with Gasteiger partial charge in [-0.05, 0) is 12.1 Å². The molecule has 1 aromatic heterocycles. The van der Waals surface area contributed by atoms with Gasteiger partial charge in [0, 0.05) is 7.05 Å². The molecule has 0 saturated carbocycles. The van der Waals surface area contributed by atoms with Gasteiger partial charge in [-0.25, -0.2) is 4.68 Å². The van der Waals surface area contributed by atoms with Gasteiger partial charge in [-0.2, -0.15) is 10.1 Å². The number of ether oxygens (including phenoxy) is 1. The van der Waals surface area contributed by atoms with Crippen LogP contribution in [0.25, 0.3) is 0 Å². The molecule has 2 N–H and O–H groups in total. The normalized spacial score (nSPS) is 17.0. The van der Waals surface area contributed by atoms with Crippen molar-refractivity contribution in [2.75, 3.05) is 17.2 Å². The number of rotatable bonds is 2. The first kappa shape index (κ1) is 11.5. The number of benzene rings is 1. The van der Waals surface area contributed by atoms with Crippen molar-refractivity contribution in [3.63, 3.8) is 0 Å². The number of anilines is 2. The number of hydrogen-bond acceptors (Lipinski definition) is 5. The lowest BCUT2D eigenvalue weighted by atomic mass is 10.2. The van der Waals surface area contributed by atoms with E-state index in [4.69, 9.17) is 4.74 Å². The zero-order valence-electron chi connectivity index (χ0n) is 10.3. The molecule has 2 heterocycles. The lowest BCUT2D eigenvalue weighted by molar-refractivity contribution is -0.122. The van der Waals surface area contributed by atoms with Crippen LogP contribution in [0.2, 0.25) is 0 Å². The van der Waals surface area contributed by atoms with E-state index < -0.39 is 6.10 Å². The van der Waals surface area contributed by atoms with Crippen molar-refractivity contribution in [2.24, 2.45) is 7.05 Å². The SMILES string of the molecule is Cn1ncnc1NC(=O)C1CNc2ccccc2O1. The number of hydrogen-bond donors (Lipinski definition) is 2. The molecule has 2 aromatic rings. The van der Waals surface area contributed by atoms with Crippen LogP contribution in [-0.2, 0) is 11.8 Å². The summed E-state index contributed by atoms with van der Waals surface area (Å²) in [4.78, 5) is 16.0. The largest absolute Gasteiger partial charge is 0.477 e. The Hall–Kier alpha value is -2.57. The fourth-order valence-electron chi connectivity index (χ4n) is 1.86. The van der Waals surface area contributed by atoms with Crippen LogP contribution in [-0.4, -0.2) is 33.3 Å². The van der Waals surface area contributed by atoms with E-state index in [1.807, 2.05) is 24.3 Å². The van der Waals surface area contributed by atoms with Crippen LogP contribution < -0.4 is 15.4 Å². The Morgan fingerprint density at radius 3 is 3.16 bits per heavy atom. The molecule has 0 radical (unpaired) electrons. The van der Waals surface area contributed by atoms with E-state index in [-0.39, 0.29) is 5.91 Å². The smallest absolute Gasteiger partial charge is 0.269 e. The highest BCUT2D eigenvalue weighted by atomic mass is 16.5. The first-order valence-electron chi connectivity index (χ1n) is 5.88. The average Bonchev–Trinajstić information content (AvgIpc) is 2.84. The maximum Gasteiger partial charge on any atom is 0.269 e. The molecule has 1 aromatic carbocycles. The molecule has 0 aliphatic carbocycles. The first-order valence-corrected chi connectivity index (χ1v) is 5.88. The fourth-order valence-corrected chi connectivity index (χ4v) is 1.86. The molecule has 1 amide bonds. The van der Waals surface area contributed by atoms with Crippen molar-refractivity contribution in [1.82, 2.24) is 14.8 Å². The number of aromatic nitrogens is 3. The molecule has 0 fully saturated rings. The van der Waals surface area contributed by atoms with Crippen molar-refractivity contribution in [2.45, 2.75) is 6.10 Å². The Labute approximate surface area is 109 Å². The second kappa shape index (κ2) is 4.60. The number of carbonyl (C=O) groups excluding carboxylic acids is 1. The zero-order chi connectivity index (χ0) is 13.2. The topological polar surface area (TPSA) is 81.1 Å². The van der Waals surface area contributed by atoms with Gasteiger partial charge in [-0.1, -0.05) is 12.1 Å². The summed E-state index contributed by atoms with van der Waals surface area (Å²) >= 11 is 0. The lowest BCUT2D eigenvalue weighted by Gasteiger charge is -2.26. The summed E-state index contributed by atoms with van der Waals surface area (Å²) < 4.78 is 7.14. The monoisotopic (exact) mass is 259 g/mol. The number of nitrogens with one attached hydrogen (secondary N) is 2. The van der Waals surface area contributed by atoms with E-state index in [1.165, 1.54) is 11.0 Å². The Kier molecular flexibility index (Phi) is 2.79. The molecule has 98 valence electrons. The van der Waals surface area contributed by atoms with Crippen molar-refractivity contribution in [3.05, 3.63) is 30.6 Å². The van der Waals surface area contributed by atoms with E-state index in [1.54, 1.807) is 7.05 Å². The number of amides is 1. The van der Waals surface area contributed by atoms with Crippen LogP contribution in [0.3, 0.4) is 0 Å². The molecule has 0 saturated heterocycles. The van der Waals surface area contributed by atoms with Crippen molar-refractivity contribution in [1.29, 1.82) is 0 Å². The van der Waals surface area contributed by atoms with Gasteiger partial charge in [0.25, 0.3) is 5.91 Å². The molecule has 0 bridgehead atoms. The molecule has 1 atom stereocenters. The summed E-state index contributed by atoms with van der Waals surface area (Å²) in [5, 5.41) is 9.72. The number of fused-ring (bicyclic) bond motifs is 1. The van der Waals surface area contributed by atoms with Crippen LogP contribution in [0.5, 0.6) is 5.75 Å². The minimum Gasteiger partial charge on any atom is -0.477 e. The van der Waals surface area contributed by atoms with Gasteiger partial charge in [0.1, 0.15) is 12.1 Å². The third-order valence-electron chi connectivity index (χ3n) is 2.87. The molecule has 1 unspecified atom stereocenters. The fraction of sp³-hybridized carbons (Fsp3) is 0.250. The van der Waals surface area contributed by atoms with Crippen molar-refractivity contribution >= 4 is 17.5 Å². The zero-order valence-corrected chi connectivity index (χ0v) is 10.3. The molecular weight excluding hydrogens is 246 g/mol. The quantitative estimate of drug-likeness (QED) is 0.826. The summed E-state index contributed by atoms with van der Waals surface area (Å²) in [5.74, 6) is 0.817. The van der Waals surface area contributed by atoms with E-state index in [0.717, 1.165) is 5.69 Å². The van der Waals surface area contributed by atoms with Crippen molar-refractivity contribution in [3.8, 4) is 5.75 Å². The van der Waals surface area contributed by atoms with E-state index in [0.29, 0.717) is 18.2 Å². The molecular formula is C12H13N5O2. The second-order valence-corrected chi connectivity index (χ2v) is 4.18. The van der Waals surface area contributed by atoms with Gasteiger partial charge in [-0.15, -0.1) is 0 Å². The van der Waals surface area contributed by atoms with Gasteiger partial charge in [0.2, 0.25) is 5.95 Å². The molecule has 0 spiro atoms. The number of carbonyl (C=O) groups is 1. The molecule has 1 aliphatic rings. The third-order valence-corrected chi connectivity index (χ3v) is 2.87. The Morgan fingerprint density at radius 1 is 1.53 bits per heavy atom. The summed E-state index contributed by atoms with van der Waals surface area (Å²) in [6, 6.07) is 7.51. The highest BCUT2D eigenvalue weighted by molar-refractivity contribution is 5.93. The average molecular weight is 259 g/mol. The van der Waals surface area contributed by atoms with Gasteiger partial charge >= 0.3 is 0 Å². The predicted molar refractivity (Wildman–Crippen MR) is 69.0 cm³/mol. The maximum atomic E-state index is 12.1. The molecule has 7 heteroatoms. The molecule has 7 nitrogen and oxygen atoms in total. The predicted octanol–water partition coefficient (Wildman–Crippen LogP) is 0.627. The van der Waals surface area contributed by atoms with Gasteiger partial charge < -0.3 is 10.1 Å². The summed E-state index contributed by atoms with van der Waals surface area (Å²) in [6.07, 6.45) is 0.789. The minimum atomic E-state index is -0.591. The highest BCUT2D eigenvalue weighted by Gasteiger charge is 2.26. The number of aryl methyl sites for hydroxylation is 1. The van der Waals surface area contributed by atoms with Crippen LogP contribution in [0.1, 0.15) is 0 Å². The summed E-state index contributed by atoms with van der Waals surface area (Å²) in [7, 11) is 1.71. The summed E-state index contributed by atoms with van der Waals surface area (Å²) in [5.41, 5.74) is 0.894. The van der Waals surface area contributed by atoms with Crippen LogP contribution in [0, 0.1) is 0 Å². The summed E-state index contributed by atoms with van der Waals surface area (Å²) in [6.45, 7) is 0.417. The number of nitrogens with zero attached hydrogens (tertiary/aromatic N) is 3. The van der Waals surface area contributed by atoms with Gasteiger partial charge in [0.15, 0.2) is 6.10 Å². The van der Waals surface area contributed by atoms with E-state index in [2.05, 4.69) is 20.7 Å².